The van der Waals surface area contributed by atoms with Crippen molar-refractivity contribution in [1.29, 1.82) is 0 Å². The summed E-state index contributed by atoms with van der Waals surface area (Å²) in [6.07, 6.45) is 3.51. The van der Waals surface area contributed by atoms with Crippen LogP contribution in [0.15, 0.2) is 54.9 Å². The van der Waals surface area contributed by atoms with Crippen LogP contribution in [0.2, 0.25) is 0 Å². The van der Waals surface area contributed by atoms with E-state index in [0.717, 1.165) is 16.5 Å². The molecule has 3 aromatic rings. The van der Waals surface area contributed by atoms with Crippen molar-refractivity contribution in [2.45, 2.75) is 0 Å². The van der Waals surface area contributed by atoms with Crippen molar-refractivity contribution in [2.75, 3.05) is 11.1 Å². The first kappa shape index (κ1) is 11.5. The Morgan fingerprint density at radius 1 is 1.00 bits per heavy atom. The van der Waals surface area contributed by atoms with Crippen LogP contribution in [0.5, 0.6) is 0 Å². The van der Waals surface area contributed by atoms with Gasteiger partial charge in [-0.05, 0) is 29.7 Å². The first-order chi connectivity index (χ1) is 9.25. The molecular formula is C15H12FN3. The number of aromatic nitrogens is 1. The van der Waals surface area contributed by atoms with Crippen molar-refractivity contribution in [3.63, 3.8) is 0 Å². The van der Waals surface area contributed by atoms with E-state index in [9.17, 15) is 4.39 Å². The number of para-hydroxylation sites is 1. The van der Waals surface area contributed by atoms with Gasteiger partial charge in [0.2, 0.25) is 0 Å². The zero-order valence-electron chi connectivity index (χ0n) is 10.1. The molecule has 3 nitrogen and oxygen atoms in total. The topological polar surface area (TPSA) is 50.9 Å². The van der Waals surface area contributed by atoms with E-state index in [4.69, 9.17) is 5.73 Å². The standard InChI is InChI=1S/C15H12FN3/c16-12-4-2-6-14(15(12)17)19-13-5-1-3-10-7-8-18-9-11(10)13/h1-9,19H,17H2. The lowest BCUT2D eigenvalue weighted by Crippen LogP contribution is -1.99. The highest BCUT2D eigenvalue weighted by Gasteiger charge is 2.06. The highest BCUT2D eigenvalue weighted by molar-refractivity contribution is 5.95. The van der Waals surface area contributed by atoms with Gasteiger partial charge in [0, 0.05) is 23.5 Å². The molecule has 0 aliphatic rings. The van der Waals surface area contributed by atoms with Crippen molar-refractivity contribution >= 4 is 27.8 Å². The summed E-state index contributed by atoms with van der Waals surface area (Å²) >= 11 is 0. The third kappa shape index (κ3) is 2.08. The highest BCUT2D eigenvalue weighted by atomic mass is 19.1. The number of nitrogens with two attached hydrogens (primary N) is 1. The average Bonchev–Trinajstić information content (AvgIpc) is 2.44. The minimum Gasteiger partial charge on any atom is -0.395 e. The molecule has 0 saturated carbocycles. The van der Waals surface area contributed by atoms with Crippen LogP contribution < -0.4 is 11.1 Å². The van der Waals surface area contributed by atoms with Crippen LogP contribution in [0, 0.1) is 5.82 Å². The molecule has 3 rings (SSSR count). The van der Waals surface area contributed by atoms with Gasteiger partial charge in [-0.3, -0.25) is 4.98 Å². The fraction of sp³-hybridized carbons (Fsp3) is 0. The Labute approximate surface area is 109 Å². The van der Waals surface area contributed by atoms with E-state index in [2.05, 4.69) is 10.3 Å². The minimum atomic E-state index is -0.427. The molecule has 0 atom stereocenters. The van der Waals surface area contributed by atoms with Crippen LogP contribution in [0.4, 0.5) is 21.5 Å². The second-order valence-corrected chi connectivity index (χ2v) is 4.23. The van der Waals surface area contributed by atoms with Crippen molar-refractivity contribution in [3.05, 3.63) is 60.7 Å². The van der Waals surface area contributed by atoms with Crippen LogP contribution in [-0.2, 0) is 0 Å². The van der Waals surface area contributed by atoms with E-state index in [1.165, 1.54) is 6.07 Å². The Hall–Kier alpha value is -2.62. The Balaban J connectivity index is 2.09. The molecule has 4 heteroatoms. The quantitative estimate of drug-likeness (QED) is 0.685. The molecule has 94 valence electrons. The zero-order chi connectivity index (χ0) is 13.2. The summed E-state index contributed by atoms with van der Waals surface area (Å²) in [7, 11) is 0. The second-order valence-electron chi connectivity index (χ2n) is 4.23. The lowest BCUT2D eigenvalue weighted by atomic mass is 10.1. The van der Waals surface area contributed by atoms with Gasteiger partial charge in [0.05, 0.1) is 11.4 Å². The summed E-state index contributed by atoms with van der Waals surface area (Å²) in [5, 5.41) is 5.18. The van der Waals surface area contributed by atoms with E-state index >= 15 is 0 Å². The van der Waals surface area contributed by atoms with E-state index in [-0.39, 0.29) is 5.69 Å². The SMILES string of the molecule is Nc1c(F)cccc1Nc1cccc2ccncc12. The third-order valence-corrected chi connectivity index (χ3v) is 3.01. The van der Waals surface area contributed by atoms with Gasteiger partial charge in [0.1, 0.15) is 5.82 Å². The van der Waals surface area contributed by atoms with Gasteiger partial charge in [-0.1, -0.05) is 18.2 Å². The number of halogens is 1. The summed E-state index contributed by atoms with van der Waals surface area (Å²) in [5.74, 6) is -0.427. The summed E-state index contributed by atoms with van der Waals surface area (Å²) in [5.41, 5.74) is 7.24. The van der Waals surface area contributed by atoms with Gasteiger partial charge in [-0.2, -0.15) is 0 Å². The third-order valence-electron chi connectivity index (χ3n) is 3.01. The largest absolute Gasteiger partial charge is 0.395 e. The zero-order valence-corrected chi connectivity index (χ0v) is 10.1. The van der Waals surface area contributed by atoms with Crippen LogP contribution in [0.25, 0.3) is 10.8 Å². The molecule has 1 aromatic heterocycles. The molecule has 0 unspecified atom stereocenters. The molecule has 0 spiro atoms. The van der Waals surface area contributed by atoms with E-state index < -0.39 is 5.82 Å². The fourth-order valence-corrected chi connectivity index (χ4v) is 2.01. The molecule has 0 fully saturated rings. The van der Waals surface area contributed by atoms with Crippen molar-refractivity contribution in [3.8, 4) is 0 Å². The maximum absolute atomic E-state index is 13.4. The number of anilines is 3. The van der Waals surface area contributed by atoms with Gasteiger partial charge in [-0.25, -0.2) is 4.39 Å². The molecule has 1 heterocycles. The van der Waals surface area contributed by atoms with Gasteiger partial charge >= 0.3 is 0 Å². The number of hydrogen-bond donors (Lipinski definition) is 2. The molecule has 0 radical (unpaired) electrons. The normalized spacial score (nSPS) is 10.6. The predicted octanol–water partition coefficient (Wildman–Crippen LogP) is 3.70. The number of nitrogens with zero attached hydrogens (tertiary/aromatic N) is 1. The van der Waals surface area contributed by atoms with E-state index in [1.807, 2.05) is 24.3 Å². The minimum absolute atomic E-state index is 0.114. The summed E-state index contributed by atoms with van der Waals surface area (Å²) < 4.78 is 13.4. The van der Waals surface area contributed by atoms with Gasteiger partial charge in [0.15, 0.2) is 0 Å². The van der Waals surface area contributed by atoms with E-state index in [0.29, 0.717) is 5.69 Å². The van der Waals surface area contributed by atoms with Crippen molar-refractivity contribution < 1.29 is 4.39 Å². The first-order valence-electron chi connectivity index (χ1n) is 5.89. The summed E-state index contributed by atoms with van der Waals surface area (Å²) in [6.45, 7) is 0. The number of nitrogens with one attached hydrogen (secondary N) is 1. The Morgan fingerprint density at radius 3 is 2.68 bits per heavy atom. The van der Waals surface area contributed by atoms with Gasteiger partial charge in [0.25, 0.3) is 0 Å². The molecule has 3 N–H and O–H groups in total. The lowest BCUT2D eigenvalue weighted by Gasteiger charge is -2.11. The monoisotopic (exact) mass is 253 g/mol. The van der Waals surface area contributed by atoms with Gasteiger partial charge in [-0.15, -0.1) is 0 Å². The first-order valence-corrected chi connectivity index (χ1v) is 5.89. The van der Waals surface area contributed by atoms with E-state index in [1.54, 1.807) is 24.5 Å². The number of nitrogen functional groups attached to an aromatic ring is 1. The number of benzene rings is 2. The average molecular weight is 253 g/mol. The highest BCUT2D eigenvalue weighted by Crippen LogP contribution is 2.29. The lowest BCUT2D eigenvalue weighted by molar-refractivity contribution is 0.633. The van der Waals surface area contributed by atoms with Crippen LogP contribution >= 0.6 is 0 Å². The number of hydrogen-bond acceptors (Lipinski definition) is 3. The number of rotatable bonds is 2. The summed E-state index contributed by atoms with van der Waals surface area (Å²) in [6, 6.07) is 12.5. The number of pyridine rings is 1. The molecule has 0 amide bonds. The van der Waals surface area contributed by atoms with Crippen LogP contribution in [0.3, 0.4) is 0 Å². The van der Waals surface area contributed by atoms with Gasteiger partial charge < -0.3 is 11.1 Å². The van der Waals surface area contributed by atoms with Crippen molar-refractivity contribution in [1.82, 2.24) is 4.98 Å². The second kappa shape index (κ2) is 4.57. The molecule has 0 aliphatic heterocycles. The van der Waals surface area contributed by atoms with Crippen LogP contribution in [0.1, 0.15) is 0 Å². The van der Waals surface area contributed by atoms with Crippen molar-refractivity contribution in [2.24, 2.45) is 0 Å². The molecule has 0 saturated heterocycles. The maximum atomic E-state index is 13.4. The molecule has 2 aromatic carbocycles. The molecular weight excluding hydrogens is 241 g/mol. The molecule has 0 aliphatic carbocycles. The molecule has 19 heavy (non-hydrogen) atoms. The summed E-state index contributed by atoms with van der Waals surface area (Å²) in [4.78, 5) is 4.11. The predicted molar refractivity (Wildman–Crippen MR) is 75.8 cm³/mol. The Morgan fingerprint density at radius 2 is 1.79 bits per heavy atom. The fourth-order valence-electron chi connectivity index (χ4n) is 2.01. The smallest absolute Gasteiger partial charge is 0.148 e. The Kier molecular flexibility index (Phi) is 2.76. The number of fused-ring (bicyclic) bond motifs is 1. The van der Waals surface area contributed by atoms with Crippen LogP contribution in [-0.4, -0.2) is 4.98 Å². The Bertz CT molecular complexity index is 735. The molecule has 0 bridgehead atoms. The maximum Gasteiger partial charge on any atom is 0.148 e.